The summed E-state index contributed by atoms with van der Waals surface area (Å²) in [6, 6.07) is 4.44. The number of thiophene rings is 1. The summed E-state index contributed by atoms with van der Waals surface area (Å²) < 4.78 is 8.71. The van der Waals surface area contributed by atoms with Crippen LogP contribution in [-0.4, -0.2) is 77.2 Å². The van der Waals surface area contributed by atoms with Crippen LogP contribution in [-0.2, 0) is 22.5 Å². The number of morpholine rings is 1. The van der Waals surface area contributed by atoms with Crippen LogP contribution in [0.25, 0.3) is 10.2 Å². The van der Waals surface area contributed by atoms with Crippen LogP contribution in [0.3, 0.4) is 0 Å². The number of hydrogen-bond acceptors (Lipinski definition) is 5. The highest BCUT2D eigenvalue weighted by Gasteiger charge is 2.48. The number of amides is 2. The molecular formula is C25H36N4O3S. The third-order valence-electron chi connectivity index (χ3n) is 7.69. The lowest BCUT2D eigenvalue weighted by molar-refractivity contribution is -0.134. The standard InChI is InChI=1S/C25H36N4O3S/c1-3-19-15-20-22(33-19)16-21-23(30)29(10-9-27-11-13-32-14-12-27)25(2,17-28(20)21)24(31)26-18-7-5-4-6-8-18/h15-16,18H,3-14,17H2,1-2H3,(H,26,31)/t25-/m0/s1. The van der Waals surface area contributed by atoms with Crippen LogP contribution < -0.4 is 5.32 Å². The molecule has 180 valence electrons. The molecule has 0 radical (unpaired) electrons. The van der Waals surface area contributed by atoms with E-state index < -0.39 is 5.54 Å². The number of nitrogens with one attached hydrogen (secondary N) is 1. The summed E-state index contributed by atoms with van der Waals surface area (Å²) in [6.45, 7) is 9.13. The first-order valence-electron chi connectivity index (χ1n) is 12.5. The Hall–Kier alpha value is -1.90. The number of rotatable bonds is 6. The molecule has 2 aromatic rings. The van der Waals surface area contributed by atoms with E-state index in [0.717, 1.165) is 62.3 Å². The Morgan fingerprint density at radius 1 is 1.18 bits per heavy atom. The van der Waals surface area contributed by atoms with Crippen molar-refractivity contribution in [1.82, 2.24) is 19.7 Å². The summed E-state index contributed by atoms with van der Waals surface area (Å²) >= 11 is 1.75. The van der Waals surface area contributed by atoms with E-state index in [2.05, 4.69) is 27.8 Å². The molecule has 0 bridgehead atoms. The largest absolute Gasteiger partial charge is 0.379 e. The van der Waals surface area contributed by atoms with Crippen molar-refractivity contribution in [3.63, 3.8) is 0 Å². The molecule has 4 heterocycles. The number of aryl methyl sites for hydroxylation is 1. The Bertz CT molecular complexity index is 1020. The molecule has 1 aliphatic carbocycles. The Morgan fingerprint density at radius 3 is 2.67 bits per heavy atom. The molecule has 2 fully saturated rings. The number of carbonyl (C=O) groups excluding carboxylic acids is 2. The van der Waals surface area contributed by atoms with Gasteiger partial charge in [-0.2, -0.15) is 0 Å². The molecule has 2 amide bonds. The van der Waals surface area contributed by atoms with Crippen molar-refractivity contribution < 1.29 is 14.3 Å². The maximum Gasteiger partial charge on any atom is 0.271 e. The molecule has 8 heteroatoms. The first-order chi connectivity index (χ1) is 16.0. The van der Waals surface area contributed by atoms with Gasteiger partial charge in [0.1, 0.15) is 11.2 Å². The van der Waals surface area contributed by atoms with E-state index >= 15 is 0 Å². The third-order valence-corrected chi connectivity index (χ3v) is 8.90. The topological polar surface area (TPSA) is 66.8 Å². The van der Waals surface area contributed by atoms with Gasteiger partial charge < -0.3 is 19.5 Å². The van der Waals surface area contributed by atoms with Gasteiger partial charge in [0.25, 0.3) is 5.91 Å². The molecule has 3 aliphatic rings. The fourth-order valence-electron chi connectivity index (χ4n) is 5.57. The van der Waals surface area contributed by atoms with Gasteiger partial charge in [0.05, 0.1) is 30.0 Å². The summed E-state index contributed by atoms with van der Waals surface area (Å²) in [7, 11) is 0. The highest BCUT2D eigenvalue weighted by Crippen LogP contribution is 2.36. The summed E-state index contributed by atoms with van der Waals surface area (Å²) in [6.07, 6.45) is 6.63. The van der Waals surface area contributed by atoms with Gasteiger partial charge in [-0.25, -0.2) is 0 Å². The van der Waals surface area contributed by atoms with Crippen LogP contribution in [0.4, 0.5) is 0 Å². The van der Waals surface area contributed by atoms with Gasteiger partial charge in [0.15, 0.2) is 0 Å². The number of ether oxygens (including phenoxy) is 1. The fourth-order valence-corrected chi connectivity index (χ4v) is 6.61. The Balaban J connectivity index is 1.45. The molecule has 1 atom stereocenters. The predicted octanol–water partition coefficient (Wildman–Crippen LogP) is 3.26. The molecule has 7 nitrogen and oxygen atoms in total. The van der Waals surface area contributed by atoms with E-state index in [9.17, 15) is 9.59 Å². The van der Waals surface area contributed by atoms with Crippen molar-refractivity contribution in [1.29, 1.82) is 0 Å². The summed E-state index contributed by atoms with van der Waals surface area (Å²) in [4.78, 5) is 33.1. The van der Waals surface area contributed by atoms with E-state index in [0.29, 0.717) is 18.8 Å². The van der Waals surface area contributed by atoms with Crippen LogP contribution in [0.1, 0.15) is 61.3 Å². The zero-order chi connectivity index (χ0) is 23.0. The number of aromatic nitrogens is 1. The van der Waals surface area contributed by atoms with E-state index in [-0.39, 0.29) is 17.9 Å². The maximum atomic E-state index is 13.8. The van der Waals surface area contributed by atoms with Gasteiger partial charge in [-0.3, -0.25) is 14.5 Å². The van der Waals surface area contributed by atoms with E-state index in [1.165, 1.54) is 24.1 Å². The van der Waals surface area contributed by atoms with Gasteiger partial charge in [-0.05, 0) is 38.3 Å². The molecule has 5 rings (SSSR count). The second-order valence-electron chi connectivity index (χ2n) is 9.92. The molecule has 1 N–H and O–H groups in total. The lowest BCUT2D eigenvalue weighted by Crippen LogP contribution is -2.66. The van der Waals surface area contributed by atoms with Crippen LogP contribution >= 0.6 is 11.3 Å². The normalized spacial score (nSPS) is 24.9. The van der Waals surface area contributed by atoms with Gasteiger partial charge >= 0.3 is 0 Å². The average Bonchev–Trinajstić information content (AvgIpc) is 3.39. The molecule has 0 aromatic carbocycles. The van der Waals surface area contributed by atoms with Crippen LogP contribution in [0.15, 0.2) is 12.1 Å². The number of nitrogens with zero attached hydrogens (tertiary/aromatic N) is 3. The third kappa shape index (κ3) is 4.33. The molecule has 1 saturated carbocycles. The Labute approximate surface area is 200 Å². The van der Waals surface area contributed by atoms with Crippen molar-refractivity contribution in [3.05, 3.63) is 22.7 Å². The smallest absolute Gasteiger partial charge is 0.271 e. The highest BCUT2D eigenvalue weighted by atomic mass is 32.1. The average molecular weight is 473 g/mol. The molecule has 33 heavy (non-hydrogen) atoms. The number of hydrogen-bond donors (Lipinski definition) is 1. The van der Waals surface area contributed by atoms with Gasteiger partial charge in [0, 0.05) is 37.1 Å². The first kappa shape index (κ1) is 22.9. The fraction of sp³-hybridized carbons (Fsp3) is 0.680. The van der Waals surface area contributed by atoms with E-state index in [1.807, 2.05) is 17.9 Å². The predicted molar refractivity (Wildman–Crippen MR) is 131 cm³/mol. The van der Waals surface area contributed by atoms with Crippen molar-refractivity contribution in [3.8, 4) is 0 Å². The van der Waals surface area contributed by atoms with Crippen molar-refractivity contribution in [2.24, 2.45) is 0 Å². The van der Waals surface area contributed by atoms with Crippen LogP contribution in [0, 0.1) is 0 Å². The maximum absolute atomic E-state index is 13.8. The first-order valence-corrected chi connectivity index (χ1v) is 13.4. The Kier molecular flexibility index (Phi) is 6.51. The van der Waals surface area contributed by atoms with Gasteiger partial charge in [0.2, 0.25) is 5.91 Å². The zero-order valence-corrected chi connectivity index (χ0v) is 20.7. The highest BCUT2D eigenvalue weighted by molar-refractivity contribution is 7.19. The lowest BCUT2D eigenvalue weighted by Gasteiger charge is -2.45. The molecular weight excluding hydrogens is 436 g/mol. The lowest BCUT2D eigenvalue weighted by atomic mass is 9.91. The quantitative estimate of drug-likeness (QED) is 0.701. The van der Waals surface area contributed by atoms with Gasteiger partial charge in [-0.1, -0.05) is 26.2 Å². The SMILES string of the molecule is CCc1cc2c(cc3n2C[C@@](C)(C(=O)NC2CCCCC2)N(CCN2CCOCC2)C3=O)s1. The van der Waals surface area contributed by atoms with Crippen molar-refractivity contribution in [2.45, 2.75) is 70.5 Å². The minimum atomic E-state index is -0.909. The summed E-state index contributed by atoms with van der Waals surface area (Å²) in [5, 5.41) is 3.33. The van der Waals surface area contributed by atoms with Crippen LogP contribution in [0.2, 0.25) is 0 Å². The molecule has 0 spiro atoms. The van der Waals surface area contributed by atoms with Crippen molar-refractivity contribution in [2.75, 3.05) is 39.4 Å². The molecule has 1 saturated heterocycles. The van der Waals surface area contributed by atoms with E-state index in [4.69, 9.17) is 4.74 Å². The zero-order valence-electron chi connectivity index (χ0n) is 19.9. The summed E-state index contributed by atoms with van der Waals surface area (Å²) in [5.41, 5.74) is 0.891. The van der Waals surface area contributed by atoms with Gasteiger partial charge in [-0.15, -0.1) is 11.3 Å². The van der Waals surface area contributed by atoms with Crippen LogP contribution in [0.5, 0.6) is 0 Å². The molecule has 0 unspecified atom stereocenters. The molecule has 2 aliphatic heterocycles. The second-order valence-corrected chi connectivity index (χ2v) is 11.1. The minimum Gasteiger partial charge on any atom is -0.379 e. The van der Waals surface area contributed by atoms with E-state index in [1.54, 1.807) is 11.3 Å². The van der Waals surface area contributed by atoms with Crippen molar-refractivity contribution >= 4 is 33.4 Å². The minimum absolute atomic E-state index is 0.0110. The number of fused-ring (bicyclic) bond motifs is 3. The monoisotopic (exact) mass is 472 g/mol. The summed E-state index contributed by atoms with van der Waals surface area (Å²) in [5.74, 6) is -0.0413. The number of carbonyl (C=O) groups is 2. The Morgan fingerprint density at radius 2 is 1.94 bits per heavy atom. The molecule has 2 aromatic heterocycles. The second kappa shape index (κ2) is 9.39.